The Hall–Kier alpha value is -2.93. The van der Waals surface area contributed by atoms with Crippen LogP contribution in [0.3, 0.4) is 0 Å². The fourth-order valence-electron chi connectivity index (χ4n) is 3.26. The summed E-state index contributed by atoms with van der Waals surface area (Å²) in [5.74, 6) is -0.297. The molecule has 3 aromatic rings. The van der Waals surface area contributed by atoms with Crippen molar-refractivity contribution in [2.75, 3.05) is 0 Å². The minimum Gasteiger partial charge on any atom is -0.326 e. The summed E-state index contributed by atoms with van der Waals surface area (Å²) in [6.07, 6.45) is 0.534. The van der Waals surface area contributed by atoms with Crippen LogP contribution in [0.15, 0.2) is 40.0 Å². The number of amides is 2. The standard InChI is InChI=1S/C13H14N4O3S.C7H8O3S/c1-6-15-8-4-7(5-14)21-11(8)13(20)17(6)9-2-3-10(18)16-12(9)19;1-6-2-4-7(5-3-6)11(8,9)10/h4,9H,2-3,5,14H2,1H3,(H,16,18,19);2-5H,1H3,(H,8,9,10). The maximum atomic E-state index is 12.6. The molecule has 1 atom stereocenters. The van der Waals surface area contributed by atoms with Gasteiger partial charge in [0, 0.05) is 17.8 Å². The highest BCUT2D eigenvalue weighted by Crippen LogP contribution is 2.24. The van der Waals surface area contributed by atoms with E-state index in [0.717, 1.165) is 10.4 Å². The molecule has 0 spiro atoms. The zero-order chi connectivity index (χ0) is 23.6. The predicted molar refractivity (Wildman–Crippen MR) is 119 cm³/mol. The Morgan fingerprint density at radius 1 is 1.22 bits per heavy atom. The summed E-state index contributed by atoms with van der Waals surface area (Å²) in [5, 5.41) is 2.26. The van der Waals surface area contributed by atoms with Crippen LogP contribution in [-0.2, 0) is 26.3 Å². The van der Waals surface area contributed by atoms with E-state index in [1.165, 1.54) is 28.0 Å². The Bertz CT molecular complexity index is 1340. The molecule has 1 saturated heterocycles. The third-order valence-electron chi connectivity index (χ3n) is 4.85. The highest BCUT2D eigenvalue weighted by atomic mass is 32.2. The Morgan fingerprint density at radius 3 is 2.44 bits per heavy atom. The number of fused-ring (bicyclic) bond motifs is 1. The number of rotatable bonds is 3. The summed E-state index contributed by atoms with van der Waals surface area (Å²) in [5.41, 5.74) is 6.90. The number of imide groups is 1. The second-order valence-corrected chi connectivity index (χ2v) is 9.78. The van der Waals surface area contributed by atoms with Gasteiger partial charge in [-0.25, -0.2) is 4.98 Å². The summed E-state index contributed by atoms with van der Waals surface area (Å²) in [6, 6.07) is 7.10. The molecule has 0 saturated carbocycles. The number of nitrogens with two attached hydrogens (primary N) is 1. The molecule has 1 aromatic carbocycles. The van der Waals surface area contributed by atoms with Gasteiger partial charge in [0.2, 0.25) is 11.8 Å². The molecule has 1 aliphatic rings. The second kappa shape index (κ2) is 9.28. The summed E-state index contributed by atoms with van der Waals surface area (Å²) in [6.45, 7) is 3.87. The van der Waals surface area contributed by atoms with Crippen molar-refractivity contribution in [2.24, 2.45) is 5.73 Å². The lowest BCUT2D eigenvalue weighted by atomic mass is 10.1. The van der Waals surface area contributed by atoms with E-state index >= 15 is 0 Å². The molecule has 12 heteroatoms. The van der Waals surface area contributed by atoms with Gasteiger partial charge >= 0.3 is 0 Å². The van der Waals surface area contributed by atoms with E-state index in [4.69, 9.17) is 10.3 Å². The first-order valence-electron chi connectivity index (χ1n) is 9.60. The van der Waals surface area contributed by atoms with Gasteiger partial charge in [-0.05, 0) is 38.5 Å². The van der Waals surface area contributed by atoms with Gasteiger partial charge in [-0.3, -0.25) is 28.8 Å². The van der Waals surface area contributed by atoms with E-state index in [0.29, 0.717) is 29.0 Å². The van der Waals surface area contributed by atoms with E-state index in [1.807, 2.05) is 6.92 Å². The molecule has 3 heterocycles. The highest BCUT2D eigenvalue weighted by Gasteiger charge is 2.30. The average Bonchev–Trinajstić information content (AvgIpc) is 3.13. The summed E-state index contributed by atoms with van der Waals surface area (Å²) >= 11 is 1.29. The van der Waals surface area contributed by atoms with E-state index in [1.54, 1.807) is 25.1 Å². The quantitative estimate of drug-likeness (QED) is 0.376. The number of thiophene rings is 1. The molecule has 1 aliphatic heterocycles. The predicted octanol–water partition coefficient (Wildman–Crippen LogP) is 1.44. The Morgan fingerprint density at radius 2 is 1.88 bits per heavy atom. The molecule has 0 aliphatic carbocycles. The first-order chi connectivity index (χ1) is 15.0. The second-order valence-electron chi connectivity index (χ2n) is 7.22. The average molecular weight is 479 g/mol. The molecule has 0 radical (unpaired) electrons. The third-order valence-corrected chi connectivity index (χ3v) is 6.85. The summed E-state index contributed by atoms with van der Waals surface area (Å²) < 4.78 is 31.4. The topological polar surface area (TPSA) is 161 Å². The van der Waals surface area contributed by atoms with Gasteiger partial charge in [-0.1, -0.05) is 17.7 Å². The Kier molecular flexibility index (Phi) is 6.88. The molecule has 2 amide bonds. The molecule has 4 rings (SSSR count). The molecule has 1 unspecified atom stereocenters. The van der Waals surface area contributed by atoms with Crippen LogP contribution >= 0.6 is 11.3 Å². The number of aryl methyl sites for hydroxylation is 2. The van der Waals surface area contributed by atoms with E-state index in [9.17, 15) is 22.8 Å². The maximum Gasteiger partial charge on any atom is 0.294 e. The fraction of sp³-hybridized carbons (Fsp3) is 0.300. The number of carbonyl (C=O) groups is 2. The minimum atomic E-state index is -4.02. The van der Waals surface area contributed by atoms with Crippen LogP contribution in [0, 0.1) is 13.8 Å². The first kappa shape index (κ1) is 23.7. The van der Waals surface area contributed by atoms with Crippen molar-refractivity contribution in [3.05, 3.63) is 57.0 Å². The molecule has 32 heavy (non-hydrogen) atoms. The minimum absolute atomic E-state index is 0.0666. The number of aromatic nitrogens is 2. The molecule has 4 N–H and O–H groups in total. The van der Waals surface area contributed by atoms with Gasteiger partial charge in [0.15, 0.2) is 0 Å². The van der Waals surface area contributed by atoms with Gasteiger partial charge in [-0.15, -0.1) is 11.3 Å². The lowest BCUT2D eigenvalue weighted by Gasteiger charge is -2.24. The van der Waals surface area contributed by atoms with Crippen molar-refractivity contribution in [3.63, 3.8) is 0 Å². The number of carbonyl (C=O) groups excluding carboxylic acids is 2. The molecule has 0 bridgehead atoms. The van der Waals surface area contributed by atoms with Crippen LogP contribution < -0.4 is 16.6 Å². The van der Waals surface area contributed by atoms with Crippen LogP contribution in [0.1, 0.15) is 35.1 Å². The van der Waals surface area contributed by atoms with Crippen LogP contribution in [0.5, 0.6) is 0 Å². The van der Waals surface area contributed by atoms with Crippen LogP contribution in [-0.4, -0.2) is 34.3 Å². The van der Waals surface area contributed by atoms with Gasteiger partial charge in [0.05, 0.1) is 10.4 Å². The van der Waals surface area contributed by atoms with Crippen molar-refractivity contribution in [1.82, 2.24) is 14.9 Å². The maximum absolute atomic E-state index is 12.6. The molecular weight excluding hydrogens is 456 g/mol. The smallest absolute Gasteiger partial charge is 0.294 e. The number of hydrogen-bond acceptors (Lipinski definition) is 8. The SMILES string of the molecule is Cc1ccc(S(=O)(=O)O)cc1.Cc1nc2cc(CN)sc2c(=O)n1C1CCC(=O)NC1=O. The number of benzene rings is 1. The van der Waals surface area contributed by atoms with Crippen molar-refractivity contribution < 1.29 is 22.6 Å². The molecule has 1 fully saturated rings. The lowest BCUT2D eigenvalue weighted by Crippen LogP contribution is -2.45. The normalized spacial score (nSPS) is 16.4. The van der Waals surface area contributed by atoms with Crippen molar-refractivity contribution in [2.45, 2.75) is 44.2 Å². The first-order valence-corrected chi connectivity index (χ1v) is 11.9. The molecule has 2 aromatic heterocycles. The lowest BCUT2D eigenvalue weighted by molar-refractivity contribution is -0.135. The van der Waals surface area contributed by atoms with Gasteiger partial charge in [0.25, 0.3) is 15.7 Å². The Labute approximate surface area is 187 Å². The fourth-order valence-corrected chi connectivity index (χ4v) is 4.65. The van der Waals surface area contributed by atoms with E-state index < -0.39 is 22.1 Å². The number of hydrogen-bond donors (Lipinski definition) is 3. The van der Waals surface area contributed by atoms with Gasteiger partial charge in [0.1, 0.15) is 16.6 Å². The van der Waals surface area contributed by atoms with Crippen molar-refractivity contribution in [1.29, 1.82) is 0 Å². The molecule has 170 valence electrons. The van der Waals surface area contributed by atoms with Gasteiger partial charge in [-0.2, -0.15) is 8.42 Å². The third kappa shape index (κ3) is 5.10. The Balaban J connectivity index is 0.000000222. The zero-order valence-electron chi connectivity index (χ0n) is 17.4. The number of nitrogens with zero attached hydrogens (tertiary/aromatic N) is 2. The van der Waals surface area contributed by atoms with Crippen LogP contribution in [0.4, 0.5) is 0 Å². The molecule has 10 nitrogen and oxygen atoms in total. The number of nitrogens with one attached hydrogen (secondary N) is 1. The number of piperidine rings is 1. The largest absolute Gasteiger partial charge is 0.326 e. The zero-order valence-corrected chi connectivity index (χ0v) is 19.0. The molecular formula is C20H22N4O6S2. The summed E-state index contributed by atoms with van der Waals surface area (Å²) in [7, 11) is -4.02. The van der Waals surface area contributed by atoms with E-state index in [-0.39, 0.29) is 22.8 Å². The van der Waals surface area contributed by atoms with Crippen LogP contribution in [0.25, 0.3) is 10.2 Å². The van der Waals surface area contributed by atoms with Crippen molar-refractivity contribution >= 4 is 43.5 Å². The van der Waals surface area contributed by atoms with Gasteiger partial charge < -0.3 is 5.73 Å². The highest BCUT2D eigenvalue weighted by molar-refractivity contribution is 7.85. The monoisotopic (exact) mass is 478 g/mol. The summed E-state index contributed by atoms with van der Waals surface area (Å²) in [4.78, 5) is 41.0. The van der Waals surface area contributed by atoms with Crippen LogP contribution in [0.2, 0.25) is 0 Å². The van der Waals surface area contributed by atoms with Crippen molar-refractivity contribution in [3.8, 4) is 0 Å². The van der Waals surface area contributed by atoms with E-state index in [2.05, 4.69) is 10.3 Å².